The summed E-state index contributed by atoms with van der Waals surface area (Å²) in [4.78, 5) is 2.16. The van der Waals surface area contributed by atoms with E-state index in [-0.39, 0.29) is 5.54 Å². The number of rotatable bonds is 4. The van der Waals surface area contributed by atoms with Gasteiger partial charge in [-0.3, -0.25) is 0 Å². The summed E-state index contributed by atoms with van der Waals surface area (Å²) in [6.07, 6.45) is 0. The summed E-state index contributed by atoms with van der Waals surface area (Å²) < 4.78 is 0. The minimum Gasteiger partial charge on any atom is -0.308 e. The van der Waals surface area contributed by atoms with Gasteiger partial charge in [0.2, 0.25) is 0 Å². The van der Waals surface area contributed by atoms with Crippen molar-refractivity contribution in [3.05, 3.63) is 0 Å². The zero-order valence-electron chi connectivity index (χ0n) is 8.86. The average Bonchev–Trinajstić information content (AvgIpc) is 1.85. The van der Waals surface area contributed by atoms with Crippen molar-refractivity contribution in [3.8, 4) is 11.8 Å². The van der Waals surface area contributed by atoms with Crippen molar-refractivity contribution in [2.75, 3.05) is 27.2 Å². The van der Waals surface area contributed by atoms with Crippen LogP contribution in [0.4, 0.5) is 0 Å². The van der Waals surface area contributed by atoms with Crippen LogP contribution in [0.2, 0.25) is 0 Å². The maximum atomic E-state index is 3.38. The normalized spacial score (nSPS) is 11.2. The van der Waals surface area contributed by atoms with Crippen LogP contribution in [0.15, 0.2) is 0 Å². The lowest BCUT2D eigenvalue weighted by atomic mass is 10.1. The predicted octanol–water partition coefficient (Wildman–Crippen LogP) is 0.940. The summed E-state index contributed by atoms with van der Waals surface area (Å²) in [5, 5.41) is 3.38. The number of likely N-dealkylation sites (N-methyl/N-ethyl adjacent to an activating group) is 1. The number of nitrogens with one attached hydrogen (secondary N) is 1. The molecule has 0 amide bonds. The fraction of sp³-hybridized carbons (Fsp3) is 0.800. The highest BCUT2D eigenvalue weighted by atomic mass is 15.1. The Morgan fingerprint density at radius 1 is 1.33 bits per heavy atom. The van der Waals surface area contributed by atoms with E-state index in [1.807, 2.05) is 6.92 Å². The molecule has 2 nitrogen and oxygen atoms in total. The summed E-state index contributed by atoms with van der Waals surface area (Å²) in [5.74, 6) is 6.04. The van der Waals surface area contributed by atoms with E-state index < -0.39 is 0 Å². The van der Waals surface area contributed by atoms with Gasteiger partial charge in [-0.05, 0) is 34.9 Å². The van der Waals surface area contributed by atoms with Crippen LogP contribution in [0.5, 0.6) is 0 Å². The molecule has 0 fully saturated rings. The van der Waals surface area contributed by atoms with Crippen LogP contribution in [0.1, 0.15) is 20.8 Å². The fourth-order valence-electron chi connectivity index (χ4n) is 0.949. The highest BCUT2D eigenvalue weighted by molar-refractivity contribution is 5.12. The van der Waals surface area contributed by atoms with Crippen LogP contribution in [0.25, 0.3) is 0 Å². The molecule has 0 bridgehead atoms. The van der Waals surface area contributed by atoms with Gasteiger partial charge in [0.05, 0.1) is 5.54 Å². The van der Waals surface area contributed by atoms with Gasteiger partial charge in [0, 0.05) is 13.1 Å². The molecule has 0 saturated carbocycles. The van der Waals surface area contributed by atoms with Crippen molar-refractivity contribution >= 4 is 0 Å². The van der Waals surface area contributed by atoms with Gasteiger partial charge in [0.1, 0.15) is 0 Å². The second kappa shape index (κ2) is 5.18. The van der Waals surface area contributed by atoms with E-state index >= 15 is 0 Å². The van der Waals surface area contributed by atoms with Crippen LogP contribution in [-0.4, -0.2) is 37.6 Å². The minimum absolute atomic E-state index is 0.0508. The predicted molar refractivity (Wildman–Crippen MR) is 54.1 cm³/mol. The second-order valence-corrected chi connectivity index (χ2v) is 3.73. The lowest BCUT2D eigenvalue weighted by molar-refractivity contribution is 0.374. The summed E-state index contributed by atoms with van der Waals surface area (Å²) in [6, 6.07) is 0. The third-order valence-corrected chi connectivity index (χ3v) is 1.56. The average molecular weight is 168 g/mol. The molecule has 0 aliphatic rings. The quantitative estimate of drug-likeness (QED) is 0.628. The molecule has 0 unspecified atom stereocenters. The van der Waals surface area contributed by atoms with Crippen molar-refractivity contribution in [2.24, 2.45) is 0 Å². The molecular weight excluding hydrogens is 148 g/mol. The van der Waals surface area contributed by atoms with Gasteiger partial charge in [-0.25, -0.2) is 0 Å². The van der Waals surface area contributed by atoms with E-state index in [1.54, 1.807) is 0 Å². The molecule has 0 radical (unpaired) electrons. The summed E-state index contributed by atoms with van der Waals surface area (Å²) in [5.41, 5.74) is -0.0508. The number of hydrogen-bond donors (Lipinski definition) is 1. The van der Waals surface area contributed by atoms with E-state index in [0.29, 0.717) is 0 Å². The van der Waals surface area contributed by atoms with Gasteiger partial charge in [-0.2, -0.15) is 0 Å². The van der Waals surface area contributed by atoms with Crippen LogP contribution in [-0.2, 0) is 0 Å². The molecule has 0 aliphatic heterocycles. The molecule has 0 rings (SSSR count). The zero-order chi connectivity index (χ0) is 9.61. The van der Waals surface area contributed by atoms with E-state index in [9.17, 15) is 0 Å². The Balaban J connectivity index is 3.66. The second-order valence-electron chi connectivity index (χ2n) is 3.73. The molecule has 0 aromatic heterocycles. The highest BCUT2D eigenvalue weighted by Crippen LogP contribution is 1.97. The standard InChI is InChI=1S/C10H20N2/c1-6-7-10(2,3)11-8-9-12(4)5/h11H,8-9H2,1-5H3. The Labute approximate surface area is 76.3 Å². The maximum absolute atomic E-state index is 3.38. The highest BCUT2D eigenvalue weighted by Gasteiger charge is 2.11. The molecule has 0 aromatic carbocycles. The summed E-state index contributed by atoms with van der Waals surface area (Å²) in [7, 11) is 4.14. The first-order valence-corrected chi connectivity index (χ1v) is 4.31. The maximum Gasteiger partial charge on any atom is 0.0744 e. The van der Waals surface area contributed by atoms with E-state index in [0.717, 1.165) is 13.1 Å². The van der Waals surface area contributed by atoms with Crippen LogP contribution in [0, 0.1) is 11.8 Å². The first-order chi connectivity index (χ1) is 5.48. The largest absolute Gasteiger partial charge is 0.308 e. The SMILES string of the molecule is CC#CC(C)(C)NCCN(C)C. The molecule has 0 saturated heterocycles. The molecule has 0 heterocycles. The van der Waals surface area contributed by atoms with Crippen LogP contribution in [0.3, 0.4) is 0 Å². The first kappa shape index (κ1) is 11.5. The van der Waals surface area contributed by atoms with Crippen molar-refractivity contribution in [1.29, 1.82) is 0 Å². The van der Waals surface area contributed by atoms with Crippen LogP contribution < -0.4 is 5.32 Å². The van der Waals surface area contributed by atoms with Crippen molar-refractivity contribution < 1.29 is 0 Å². The Morgan fingerprint density at radius 2 is 1.92 bits per heavy atom. The van der Waals surface area contributed by atoms with Crippen molar-refractivity contribution in [2.45, 2.75) is 26.3 Å². The van der Waals surface area contributed by atoms with E-state index in [4.69, 9.17) is 0 Å². The van der Waals surface area contributed by atoms with Crippen molar-refractivity contribution in [1.82, 2.24) is 10.2 Å². The molecule has 0 aromatic rings. The topological polar surface area (TPSA) is 15.3 Å². The molecular formula is C10H20N2. The Morgan fingerprint density at radius 3 is 2.33 bits per heavy atom. The fourth-order valence-corrected chi connectivity index (χ4v) is 0.949. The number of nitrogens with zero attached hydrogens (tertiary/aromatic N) is 1. The lowest BCUT2D eigenvalue weighted by Crippen LogP contribution is -2.41. The van der Waals surface area contributed by atoms with E-state index in [1.165, 1.54) is 0 Å². The zero-order valence-corrected chi connectivity index (χ0v) is 8.86. The van der Waals surface area contributed by atoms with Gasteiger partial charge in [-0.15, -0.1) is 5.92 Å². The van der Waals surface area contributed by atoms with Gasteiger partial charge < -0.3 is 10.2 Å². The van der Waals surface area contributed by atoms with Gasteiger partial charge in [-0.1, -0.05) is 5.92 Å². The molecule has 12 heavy (non-hydrogen) atoms. The Kier molecular flexibility index (Phi) is 4.96. The first-order valence-electron chi connectivity index (χ1n) is 4.31. The van der Waals surface area contributed by atoms with Gasteiger partial charge >= 0.3 is 0 Å². The van der Waals surface area contributed by atoms with Crippen molar-refractivity contribution in [3.63, 3.8) is 0 Å². The minimum atomic E-state index is -0.0508. The monoisotopic (exact) mass is 168 g/mol. The summed E-state index contributed by atoms with van der Waals surface area (Å²) in [6.45, 7) is 8.09. The molecule has 2 heteroatoms. The molecule has 1 N–H and O–H groups in total. The molecule has 0 aliphatic carbocycles. The van der Waals surface area contributed by atoms with Gasteiger partial charge in [0.25, 0.3) is 0 Å². The molecule has 0 atom stereocenters. The smallest absolute Gasteiger partial charge is 0.0744 e. The molecule has 0 spiro atoms. The van der Waals surface area contributed by atoms with E-state index in [2.05, 4.69) is 50.0 Å². The number of hydrogen-bond acceptors (Lipinski definition) is 2. The molecule has 70 valence electrons. The third kappa shape index (κ3) is 6.21. The Hall–Kier alpha value is -0.520. The van der Waals surface area contributed by atoms with Crippen LogP contribution >= 0.6 is 0 Å². The lowest BCUT2D eigenvalue weighted by Gasteiger charge is -2.21. The van der Waals surface area contributed by atoms with Gasteiger partial charge in [0.15, 0.2) is 0 Å². The Bertz CT molecular complexity index is 172. The summed E-state index contributed by atoms with van der Waals surface area (Å²) >= 11 is 0. The third-order valence-electron chi connectivity index (χ3n) is 1.56.